The van der Waals surface area contributed by atoms with Crippen LogP contribution in [0.25, 0.3) is 0 Å². The number of halogens is 1. The van der Waals surface area contributed by atoms with Crippen LogP contribution in [0.2, 0.25) is 0 Å². The van der Waals surface area contributed by atoms with Gasteiger partial charge in [0, 0.05) is 25.3 Å². The van der Waals surface area contributed by atoms with Crippen LogP contribution in [0.1, 0.15) is 18.4 Å². The average molecular weight is 250 g/mol. The topological polar surface area (TPSA) is 49.5 Å². The van der Waals surface area contributed by atoms with Crippen molar-refractivity contribution in [3.05, 3.63) is 29.6 Å². The number of nitrogens with two attached hydrogens (primary N) is 1. The van der Waals surface area contributed by atoms with Gasteiger partial charge in [0.1, 0.15) is 5.82 Å². The minimum Gasteiger partial charge on any atom is -0.386 e. The van der Waals surface area contributed by atoms with Crippen LogP contribution in [0.5, 0.6) is 0 Å². The van der Waals surface area contributed by atoms with Crippen molar-refractivity contribution >= 4 is 5.69 Å². The molecule has 1 aromatic carbocycles. The summed E-state index contributed by atoms with van der Waals surface area (Å²) in [6, 6.07) is 4.90. The third kappa shape index (κ3) is 1.99. The molecule has 98 valence electrons. The number of nitrogens with zero attached hydrogens (tertiary/aromatic N) is 1. The van der Waals surface area contributed by atoms with E-state index in [0.717, 1.165) is 37.1 Å². The molecule has 0 aromatic heterocycles. The van der Waals surface area contributed by atoms with Gasteiger partial charge >= 0.3 is 0 Å². The van der Waals surface area contributed by atoms with Crippen LogP contribution in [0.15, 0.2) is 18.2 Å². The highest BCUT2D eigenvalue weighted by Gasteiger charge is 2.44. The Morgan fingerprint density at radius 3 is 2.89 bits per heavy atom. The number of hydrogen-bond acceptors (Lipinski definition) is 3. The lowest BCUT2D eigenvalue weighted by atomic mass is 9.97. The highest BCUT2D eigenvalue weighted by atomic mass is 19.1. The zero-order valence-corrected chi connectivity index (χ0v) is 10.4. The first-order chi connectivity index (χ1) is 8.62. The molecule has 1 heterocycles. The molecule has 1 fully saturated rings. The summed E-state index contributed by atoms with van der Waals surface area (Å²) in [7, 11) is 0. The van der Waals surface area contributed by atoms with Crippen LogP contribution in [0.4, 0.5) is 10.1 Å². The normalized spacial score (nSPS) is 21.8. The van der Waals surface area contributed by atoms with Crippen molar-refractivity contribution < 1.29 is 9.50 Å². The van der Waals surface area contributed by atoms with E-state index in [0.29, 0.717) is 12.5 Å². The van der Waals surface area contributed by atoms with E-state index >= 15 is 0 Å². The van der Waals surface area contributed by atoms with Crippen molar-refractivity contribution in [3.63, 3.8) is 0 Å². The second kappa shape index (κ2) is 4.21. The summed E-state index contributed by atoms with van der Waals surface area (Å²) < 4.78 is 13.3. The lowest BCUT2D eigenvalue weighted by Gasteiger charge is -2.33. The number of anilines is 1. The molecular weight excluding hydrogens is 231 g/mol. The van der Waals surface area contributed by atoms with Gasteiger partial charge in [0.2, 0.25) is 0 Å². The molecule has 1 aliphatic carbocycles. The van der Waals surface area contributed by atoms with E-state index in [4.69, 9.17) is 5.73 Å². The fraction of sp³-hybridized carbons (Fsp3) is 0.571. The Labute approximate surface area is 106 Å². The van der Waals surface area contributed by atoms with Gasteiger partial charge in [-0.1, -0.05) is 6.07 Å². The summed E-state index contributed by atoms with van der Waals surface area (Å²) in [5.74, 6) is 0.100. The smallest absolute Gasteiger partial charge is 0.125 e. The minimum atomic E-state index is -0.812. The van der Waals surface area contributed by atoms with Crippen molar-refractivity contribution in [2.75, 3.05) is 24.5 Å². The molecule has 1 aliphatic heterocycles. The molecule has 1 atom stereocenters. The van der Waals surface area contributed by atoms with Crippen LogP contribution in [0.3, 0.4) is 0 Å². The van der Waals surface area contributed by atoms with Gasteiger partial charge in [-0.3, -0.25) is 0 Å². The molecule has 4 heteroatoms. The van der Waals surface area contributed by atoms with E-state index in [9.17, 15) is 9.50 Å². The van der Waals surface area contributed by atoms with Gasteiger partial charge in [0.05, 0.1) is 5.60 Å². The lowest BCUT2D eigenvalue weighted by molar-refractivity contribution is 0.0337. The van der Waals surface area contributed by atoms with Gasteiger partial charge in [-0.25, -0.2) is 4.39 Å². The molecule has 0 spiro atoms. The number of aliphatic hydroxyl groups is 1. The van der Waals surface area contributed by atoms with E-state index in [1.807, 2.05) is 6.07 Å². The summed E-state index contributed by atoms with van der Waals surface area (Å²) in [4.78, 5) is 2.07. The maximum atomic E-state index is 13.3. The SMILES string of the molecule is NCC(O)(CN1CCc2ccc(F)cc21)C1CC1. The Kier molecular flexibility index (Phi) is 2.79. The van der Waals surface area contributed by atoms with E-state index in [-0.39, 0.29) is 12.4 Å². The second-order valence-corrected chi connectivity index (χ2v) is 5.53. The first kappa shape index (κ1) is 11.9. The molecule has 3 N–H and O–H groups in total. The third-order valence-electron chi connectivity index (χ3n) is 4.19. The molecule has 0 radical (unpaired) electrons. The van der Waals surface area contributed by atoms with Crippen LogP contribution in [0, 0.1) is 11.7 Å². The van der Waals surface area contributed by atoms with Crippen LogP contribution in [-0.4, -0.2) is 30.3 Å². The summed E-state index contributed by atoms with van der Waals surface area (Å²) in [6.45, 7) is 1.64. The molecule has 1 unspecified atom stereocenters. The molecule has 0 bridgehead atoms. The molecule has 2 aliphatic rings. The van der Waals surface area contributed by atoms with Gasteiger partial charge in [-0.2, -0.15) is 0 Å². The minimum absolute atomic E-state index is 0.219. The fourth-order valence-electron chi connectivity index (χ4n) is 2.89. The highest BCUT2D eigenvalue weighted by molar-refractivity contribution is 5.58. The Morgan fingerprint density at radius 1 is 1.44 bits per heavy atom. The fourth-order valence-corrected chi connectivity index (χ4v) is 2.89. The predicted octanol–water partition coefficient (Wildman–Crippen LogP) is 1.29. The molecule has 0 saturated heterocycles. The third-order valence-corrected chi connectivity index (χ3v) is 4.19. The first-order valence-corrected chi connectivity index (χ1v) is 6.58. The lowest BCUT2D eigenvalue weighted by Crippen LogP contribution is -2.50. The maximum absolute atomic E-state index is 13.3. The van der Waals surface area contributed by atoms with E-state index in [2.05, 4.69) is 4.90 Å². The van der Waals surface area contributed by atoms with Gasteiger partial charge < -0.3 is 15.7 Å². The Hall–Kier alpha value is -1.13. The predicted molar refractivity (Wildman–Crippen MR) is 69.0 cm³/mol. The Balaban J connectivity index is 1.81. The maximum Gasteiger partial charge on any atom is 0.125 e. The van der Waals surface area contributed by atoms with Gasteiger partial charge in [0.15, 0.2) is 0 Å². The van der Waals surface area contributed by atoms with Gasteiger partial charge in [0.25, 0.3) is 0 Å². The van der Waals surface area contributed by atoms with Crippen molar-refractivity contribution in [3.8, 4) is 0 Å². The largest absolute Gasteiger partial charge is 0.386 e. The molecule has 18 heavy (non-hydrogen) atoms. The second-order valence-electron chi connectivity index (χ2n) is 5.53. The first-order valence-electron chi connectivity index (χ1n) is 6.58. The van der Waals surface area contributed by atoms with Crippen molar-refractivity contribution in [1.29, 1.82) is 0 Å². The van der Waals surface area contributed by atoms with E-state index in [1.54, 1.807) is 6.07 Å². The number of rotatable bonds is 4. The molecule has 3 nitrogen and oxygen atoms in total. The highest BCUT2D eigenvalue weighted by Crippen LogP contribution is 2.41. The number of fused-ring (bicyclic) bond motifs is 1. The summed E-state index contributed by atoms with van der Waals surface area (Å²) >= 11 is 0. The Bertz CT molecular complexity index is 461. The van der Waals surface area contributed by atoms with Gasteiger partial charge in [-0.15, -0.1) is 0 Å². The zero-order chi connectivity index (χ0) is 12.8. The average Bonchev–Trinajstić information content (AvgIpc) is 3.15. The van der Waals surface area contributed by atoms with Crippen molar-refractivity contribution in [2.45, 2.75) is 24.9 Å². The molecule has 1 saturated carbocycles. The monoisotopic (exact) mass is 250 g/mol. The number of hydrogen-bond donors (Lipinski definition) is 2. The van der Waals surface area contributed by atoms with Crippen LogP contribution in [-0.2, 0) is 6.42 Å². The number of benzene rings is 1. The molecule has 3 rings (SSSR count). The molecular formula is C14H19FN2O. The van der Waals surface area contributed by atoms with Crippen molar-refractivity contribution in [1.82, 2.24) is 0 Å². The molecule has 1 aromatic rings. The van der Waals surface area contributed by atoms with Crippen LogP contribution >= 0.6 is 0 Å². The van der Waals surface area contributed by atoms with E-state index in [1.165, 1.54) is 6.07 Å². The summed E-state index contributed by atoms with van der Waals surface area (Å²) in [5, 5.41) is 10.6. The number of β-amino-alcohol motifs (C(OH)–C–C–N with tert-alkyl or cyclic N) is 1. The van der Waals surface area contributed by atoms with Crippen LogP contribution < -0.4 is 10.6 Å². The standard InChI is InChI=1S/C14H19FN2O/c15-12-4-1-10-5-6-17(13(10)7-12)9-14(18,8-16)11-2-3-11/h1,4,7,11,18H,2-3,5-6,8-9,16H2. The van der Waals surface area contributed by atoms with Crippen molar-refractivity contribution in [2.24, 2.45) is 11.7 Å². The van der Waals surface area contributed by atoms with Gasteiger partial charge in [-0.05, 0) is 42.9 Å². The zero-order valence-electron chi connectivity index (χ0n) is 10.4. The summed E-state index contributed by atoms with van der Waals surface area (Å²) in [6.07, 6.45) is 3.02. The summed E-state index contributed by atoms with van der Waals surface area (Å²) in [5.41, 5.74) is 6.99. The quantitative estimate of drug-likeness (QED) is 0.846. The Morgan fingerprint density at radius 2 is 2.22 bits per heavy atom. The van der Waals surface area contributed by atoms with E-state index < -0.39 is 5.60 Å². The molecule has 0 amide bonds.